The summed E-state index contributed by atoms with van der Waals surface area (Å²) in [7, 11) is 0. The molecule has 2 aromatic rings. The first kappa shape index (κ1) is 13.1. The molecule has 0 aliphatic carbocycles. The molecule has 3 heterocycles. The van der Waals surface area contributed by atoms with Crippen molar-refractivity contribution in [2.75, 3.05) is 36.0 Å². The Morgan fingerprint density at radius 1 is 0.900 bits per heavy atom. The number of nitrogens with zero attached hydrogens (tertiary/aromatic N) is 6. The largest absolute Gasteiger partial charge is 0.352 e. The third kappa shape index (κ3) is 2.80. The Hall–Kier alpha value is -1.95. The first-order valence-corrected chi connectivity index (χ1v) is 7.04. The van der Waals surface area contributed by atoms with Crippen molar-refractivity contribution in [1.82, 2.24) is 19.9 Å². The molecule has 0 amide bonds. The van der Waals surface area contributed by atoms with Crippen LogP contribution in [-0.2, 0) is 5.88 Å². The monoisotopic (exact) mass is 290 g/mol. The Morgan fingerprint density at radius 3 is 2.20 bits per heavy atom. The van der Waals surface area contributed by atoms with E-state index in [1.807, 2.05) is 6.07 Å². The van der Waals surface area contributed by atoms with Crippen LogP contribution in [0.3, 0.4) is 0 Å². The molecule has 104 valence electrons. The number of piperazine rings is 1. The average Bonchev–Trinajstić information content (AvgIpc) is 2.56. The second-order valence-electron chi connectivity index (χ2n) is 4.52. The summed E-state index contributed by atoms with van der Waals surface area (Å²) in [4.78, 5) is 21.6. The molecule has 0 unspecified atom stereocenters. The van der Waals surface area contributed by atoms with Gasteiger partial charge in [0, 0.05) is 38.6 Å². The molecule has 0 spiro atoms. The smallest absolute Gasteiger partial charge is 0.225 e. The topological polar surface area (TPSA) is 58.0 Å². The van der Waals surface area contributed by atoms with Crippen molar-refractivity contribution in [3.8, 4) is 0 Å². The lowest BCUT2D eigenvalue weighted by molar-refractivity contribution is 0.633. The summed E-state index contributed by atoms with van der Waals surface area (Å²) in [5.74, 6) is 2.08. The Kier molecular flexibility index (Phi) is 3.92. The molecule has 1 aliphatic rings. The van der Waals surface area contributed by atoms with Crippen LogP contribution in [0, 0.1) is 0 Å². The van der Waals surface area contributed by atoms with Gasteiger partial charge in [-0.2, -0.15) is 0 Å². The van der Waals surface area contributed by atoms with Gasteiger partial charge in [-0.15, -0.1) is 11.6 Å². The van der Waals surface area contributed by atoms with Gasteiger partial charge in [0.2, 0.25) is 5.95 Å². The first-order chi connectivity index (χ1) is 9.86. The highest BCUT2D eigenvalue weighted by molar-refractivity contribution is 6.16. The van der Waals surface area contributed by atoms with Crippen molar-refractivity contribution in [1.29, 1.82) is 0 Å². The number of halogens is 1. The summed E-state index contributed by atoms with van der Waals surface area (Å²) in [6, 6.07) is 1.83. The van der Waals surface area contributed by atoms with Crippen LogP contribution >= 0.6 is 11.6 Å². The molecule has 6 nitrogen and oxygen atoms in total. The van der Waals surface area contributed by atoms with Crippen LogP contribution < -0.4 is 9.80 Å². The Morgan fingerprint density at radius 2 is 1.60 bits per heavy atom. The van der Waals surface area contributed by atoms with E-state index in [9.17, 15) is 0 Å². The molecule has 0 radical (unpaired) electrons. The fourth-order valence-corrected chi connectivity index (χ4v) is 2.31. The molecule has 1 saturated heterocycles. The zero-order valence-corrected chi connectivity index (χ0v) is 11.7. The molecule has 0 bridgehead atoms. The van der Waals surface area contributed by atoms with Gasteiger partial charge in [-0.3, -0.25) is 4.98 Å². The van der Waals surface area contributed by atoms with Crippen LogP contribution in [0.4, 0.5) is 11.8 Å². The SMILES string of the molecule is ClCc1cnc(N2CCN(c3ncccn3)CC2)cn1. The zero-order chi connectivity index (χ0) is 13.8. The van der Waals surface area contributed by atoms with Crippen molar-refractivity contribution >= 4 is 23.4 Å². The van der Waals surface area contributed by atoms with Crippen molar-refractivity contribution < 1.29 is 0 Å². The standard InChI is InChI=1S/C13H15ClN6/c14-8-11-9-18-12(10-17-11)19-4-6-20(7-5-19)13-15-2-1-3-16-13/h1-3,9-10H,4-8H2. The fraction of sp³-hybridized carbons (Fsp3) is 0.385. The van der Waals surface area contributed by atoms with Gasteiger partial charge in [0.25, 0.3) is 0 Å². The quantitative estimate of drug-likeness (QED) is 0.795. The molecule has 20 heavy (non-hydrogen) atoms. The van der Waals surface area contributed by atoms with Crippen molar-refractivity contribution in [3.63, 3.8) is 0 Å². The highest BCUT2D eigenvalue weighted by Gasteiger charge is 2.19. The Balaban J connectivity index is 1.63. The van der Waals surface area contributed by atoms with Gasteiger partial charge >= 0.3 is 0 Å². The molecule has 7 heteroatoms. The van der Waals surface area contributed by atoms with Crippen LogP contribution in [0.25, 0.3) is 0 Å². The molecule has 0 atom stereocenters. The van der Waals surface area contributed by atoms with Crippen LogP contribution in [0.2, 0.25) is 0 Å². The number of alkyl halides is 1. The minimum absolute atomic E-state index is 0.395. The van der Waals surface area contributed by atoms with Crippen molar-refractivity contribution in [2.45, 2.75) is 5.88 Å². The molecule has 0 saturated carbocycles. The summed E-state index contributed by atoms with van der Waals surface area (Å²) in [5, 5.41) is 0. The third-order valence-corrected chi connectivity index (χ3v) is 3.54. The fourth-order valence-electron chi connectivity index (χ4n) is 2.17. The molecule has 0 N–H and O–H groups in total. The van der Waals surface area contributed by atoms with Crippen LogP contribution in [0.15, 0.2) is 30.9 Å². The summed E-state index contributed by atoms with van der Waals surface area (Å²) in [6.45, 7) is 3.52. The van der Waals surface area contributed by atoms with E-state index >= 15 is 0 Å². The Bertz CT molecular complexity index is 539. The van der Waals surface area contributed by atoms with Crippen molar-refractivity contribution in [2.24, 2.45) is 0 Å². The van der Waals surface area contributed by atoms with E-state index in [1.165, 1.54) is 0 Å². The highest BCUT2D eigenvalue weighted by Crippen LogP contribution is 2.15. The van der Waals surface area contributed by atoms with Gasteiger partial charge < -0.3 is 9.80 Å². The molecule has 1 aliphatic heterocycles. The number of rotatable bonds is 3. The molecule has 0 aromatic carbocycles. The van der Waals surface area contributed by atoms with E-state index in [0.29, 0.717) is 5.88 Å². The van der Waals surface area contributed by atoms with Crippen LogP contribution in [0.1, 0.15) is 5.69 Å². The normalized spacial score (nSPS) is 15.4. The minimum atomic E-state index is 0.395. The predicted molar refractivity (Wildman–Crippen MR) is 78.0 cm³/mol. The second-order valence-corrected chi connectivity index (χ2v) is 4.79. The average molecular weight is 291 g/mol. The summed E-state index contributed by atoms with van der Waals surface area (Å²) < 4.78 is 0. The molecular formula is C13H15ClN6. The van der Waals surface area contributed by atoms with Crippen LogP contribution in [-0.4, -0.2) is 46.1 Å². The van der Waals surface area contributed by atoms with E-state index in [4.69, 9.17) is 11.6 Å². The summed E-state index contributed by atoms with van der Waals surface area (Å²) >= 11 is 5.72. The zero-order valence-electron chi connectivity index (χ0n) is 11.0. The maximum Gasteiger partial charge on any atom is 0.225 e. The lowest BCUT2D eigenvalue weighted by atomic mass is 10.3. The van der Waals surface area contributed by atoms with E-state index < -0.39 is 0 Å². The predicted octanol–water partition coefficient (Wildman–Crippen LogP) is 1.33. The van der Waals surface area contributed by atoms with Gasteiger partial charge in [0.05, 0.1) is 24.0 Å². The lowest BCUT2D eigenvalue weighted by Crippen LogP contribution is -2.47. The van der Waals surface area contributed by atoms with Gasteiger partial charge in [-0.05, 0) is 6.07 Å². The van der Waals surface area contributed by atoms with Gasteiger partial charge in [-0.1, -0.05) is 0 Å². The highest BCUT2D eigenvalue weighted by atomic mass is 35.5. The van der Waals surface area contributed by atoms with Crippen molar-refractivity contribution in [3.05, 3.63) is 36.5 Å². The molecular weight excluding hydrogens is 276 g/mol. The number of hydrogen-bond donors (Lipinski definition) is 0. The summed E-state index contributed by atoms with van der Waals surface area (Å²) in [5.41, 5.74) is 0.798. The number of hydrogen-bond acceptors (Lipinski definition) is 6. The van der Waals surface area contributed by atoms with Gasteiger partial charge in [-0.25, -0.2) is 15.0 Å². The Labute approximate surface area is 122 Å². The van der Waals surface area contributed by atoms with E-state index in [0.717, 1.165) is 43.6 Å². The molecule has 2 aromatic heterocycles. The minimum Gasteiger partial charge on any atom is -0.352 e. The lowest BCUT2D eigenvalue weighted by Gasteiger charge is -2.35. The van der Waals surface area contributed by atoms with E-state index in [-0.39, 0.29) is 0 Å². The second kappa shape index (κ2) is 6.00. The van der Waals surface area contributed by atoms with E-state index in [2.05, 4.69) is 29.7 Å². The van der Waals surface area contributed by atoms with E-state index in [1.54, 1.807) is 24.8 Å². The third-order valence-electron chi connectivity index (χ3n) is 3.27. The summed E-state index contributed by atoms with van der Waals surface area (Å²) in [6.07, 6.45) is 7.05. The van der Waals surface area contributed by atoms with Gasteiger partial charge in [0.15, 0.2) is 0 Å². The molecule has 3 rings (SSSR count). The number of aromatic nitrogens is 4. The molecule has 1 fully saturated rings. The number of anilines is 2. The van der Waals surface area contributed by atoms with Gasteiger partial charge in [0.1, 0.15) is 5.82 Å². The maximum atomic E-state index is 5.72. The first-order valence-electron chi connectivity index (χ1n) is 6.50. The maximum absolute atomic E-state index is 5.72. The van der Waals surface area contributed by atoms with Crippen LogP contribution in [0.5, 0.6) is 0 Å².